The van der Waals surface area contributed by atoms with E-state index in [2.05, 4.69) is 41.0 Å². The Morgan fingerprint density at radius 2 is 1.08 bits per heavy atom. The van der Waals surface area contributed by atoms with Gasteiger partial charge in [-0.2, -0.15) is 11.8 Å². The molecule has 19 heteroatoms. The number of benzene rings is 2. The summed E-state index contributed by atoms with van der Waals surface area (Å²) in [6, 6.07) is 9.53. The van der Waals surface area contributed by atoms with Crippen molar-refractivity contribution < 1.29 is 38.2 Å². The van der Waals surface area contributed by atoms with Crippen molar-refractivity contribution in [1.29, 1.82) is 0 Å². The maximum Gasteiger partial charge on any atom is 0.337 e. The molecule has 2 aromatic carbocycles. The molecule has 0 bridgehead atoms. The van der Waals surface area contributed by atoms with Crippen LogP contribution in [-0.2, 0) is 11.5 Å². The van der Waals surface area contributed by atoms with Crippen LogP contribution in [0.2, 0.25) is 0 Å². The lowest BCUT2D eigenvalue weighted by Crippen LogP contribution is -2.18. The number of hydrogen-bond acceptors (Lipinski definition) is 11. The number of rotatable bonds is 12. The predicted molar refractivity (Wildman–Crippen MR) is 176 cm³/mol. The third-order valence-corrected chi connectivity index (χ3v) is 8.18. The Labute approximate surface area is 289 Å². The lowest BCUT2D eigenvalue weighted by molar-refractivity contribution is 0.0686. The van der Waals surface area contributed by atoms with Crippen molar-refractivity contribution in [1.82, 2.24) is 39.5 Å². The summed E-state index contributed by atoms with van der Waals surface area (Å²) >= 11 is 1.00. The minimum atomic E-state index is -1.50. The largest absolute Gasteiger partial charge is 0.478 e. The summed E-state index contributed by atoms with van der Waals surface area (Å²) in [4.78, 5) is 57.4. The van der Waals surface area contributed by atoms with Crippen molar-refractivity contribution in [2.45, 2.75) is 11.5 Å². The van der Waals surface area contributed by atoms with Gasteiger partial charge in [0.2, 0.25) is 0 Å². The summed E-state index contributed by atoms with van der Waals surface area (Å²) in [5.41, 5.74) is -1.79. The Bertz CT molecular complexity index is 2090. The summed E-state index contributed by atoms with van der Waals surface area (Å²) in [6.45, 7) is 0. The molecule has 0 aliphatic heterocycles. The molecule has 0 unspecified atom stereocenters. The maximum absolute atomic E-state index is 15.0. The van der Waals surface area contributed by atoms with Crippen LogP contribution in [0.3, 0.4) is 0 Å². The van der Waals surface area contributed by atoms with Gasteiger partial charge in [-0.05, 0) is 59.7 Å². The Morgan fingerprint density at radius 1 is 0.647 bits per heavy atom. The van der Waals surface area contributed by atoms with E-state index in [9.17, 15) is 29.4 Å². The van der Waals surface area contributed by atoms with Crippen LogP contribution in [0.5, 0.6) is 0 Å². The van der Waals surface area contributed by atoms with E-state index in [0.29, 0.717) is 11.6 Å². The number of thioether (sulfide) groups is 1. The lowest BCUT2D eigenvalue weighted by atomic mass is 10.1. The van der Waals surface area contributed by atoms with Gasteiger partial charge < -0.3 is 20.8 Å². The van der Waals surface area contributed by atoms with E-state index >= 15 is 8.78 Å². The molecule has 0 aliphatic carbocycles. The molecular formula is C32H22F2N10O6S. The summed E-state index contributed by atoms with van der Waals surface area (Å²) in [7, 11) is 0. The number of nitrogens with zero attached hydrogens (tertiary/aromatic N) is 8. The van der Waals surface area contributed by atoms with Crippen LogP contribution in [0, 0.1) is 11.6 Å². The van der Waals surface area contributed by atoms with E-state index in [4.69, 9.17) is 0 Å². The molecule has 4 N–H and O–H groups in total. The summed E-state index contributed by atoms with van der Waals surface area (Å²) < 4.78 is 33.2. The number of nitrogens with one attached hydrogen (secondary N) is 2. The monoisotopic (exact) mass is 712 g/mol. The van der Waals surface area contributed by atoms with Gasteiger partial charge in [0.1, 0.15) is 24.3 Å². The number of imidazole rings is 2. The van der Waals surface area contributed by atoms with E-state index in [-0.39, 0.29) is 45.4 Å². The predicted octanol–water partition coefficient (Wildman–Crippen LogP) is 4.25. The average molecular weight is 713 g/mol. The first-order valence-corrected chi connectivity index (χ1v) is 15.7. The molecule has 0 spiro atoms. The van der Waals surface area contributed by atoms with Crippen molar-refractivity contribution in [3.63, 3.8) is 0 Å². The van der Waals surface area contributed by atoms with Crippen LogP contribution >= 0.6 is 11.8 Å². The number of hydrogen-bond donors (Lipinski definition) is 4. The Hall–Kier alpha value is -6.89. The SMILES string of the molecule is O=C(Nc1cc(CSCc2cc(NC(=O)c3ccc(-n4ccnc4)nn3)c(C(=O)O)cc2F)c(F)cc1C(=O)O)c1ccc(-n2ccnc2)nn1. The number of carboxylic acid groups (broad SMARTS) is 2. The van der Waals surface area contributed by atoms with Crippen LogP contribution in [0.4, 0.5) is 20.2 Å². The molecule has 0 fully saturated rings. The molecule has 6 aromatic rings. The smallest absolute Gasteiger partial charge is 0.337 e. The van der Waals surface area contributed by atoms with Crippen LogP contribution in [0.15, 0.2) is 86.0 Å². The average Bonchev–Trinajstić information content (AvgIpc) is 3.86. The van der Waals surface area contributed by atoms with Gasteiger partial charge in [-0.3, -0.25) is 18.7 Å². The molecule has 0 atom stereocenters. The molecule has 51 heavy (non-hydrogen) atoms. The molecule has 256 valence electrons. The van der Waals surface area contributed by atoms with Gasteiger partial charge in [0.25, 0.3) is 11.8 Å². The normalized spacial score (nSPS) is 10.9. The second-order valence-corrected chi connectivity index (χ2v) is 11.5. The third kappa shape index (κ3) is 7.73. The minimum Gasteiger partial charge on any atom is -0.478 e. The second-order valence-electron chi connectivity index (χ2n) is 10.5. The number of anilines is 2. The zero-order chi connectivity index (χ0) is 36.1. The molecule has 2 amide bonds. The lowest BCUT2D eigenvalue weighted by Gasteiger charge is -2.13. The minimum absolute atomic E-state index is 0.0179. The van der Waals surface area contributed by atoms with Crippen molar-refractivity contribution >= 4 is 46.9 Å². The van der Waals surface area contributed by atoms with Crippen molar-refractivity contribution in [3.05, 3.63) is 131 Å². The molecule has 4 aromatic heterocycles. The first kappa shape index (κ1) is 34.0. The fraction of sp³-hybridized carbons (Fsp3) is 0.0625. The highest BCUT2D eigenvalue weighted by Gasteiger charge is 2.21. The number of aromatic nitrogens is 8. The van der Waals surface area contributed by atoms with Crippen molar-refractivity contribution in [2.24, 2.45) is 0 Å². The molecule has 0 radical (unpaired) electrons. The molecule has 0 aliphatic rings. The zero-order valence-electron chi connectivity index (χ0n) is 25.8. The van der Waals surface area contributed by atoms with Gasteiger partial charge in [0, 0.05) is 36.3 Å². The fourth-order valence-corrected chi connectivity index (χ4v) is 5.60. The van der Waals surface area contributed by atoms with E-state index < -0.39 is 46.5 Å². The maximum atomic E-state index is 15.0. The van der Waals surface area contributed by atoms with Gasteiger partial charge in [-0.25, -0.2) is 28.3 Å². The van der Waals surface area contributed by atoms with Gasteiger partial charge in [0.05, 0.1) is 22.5 Å². The third-order valence-electron chi connectivity index (χ3n) is 7.15. The summed E-state index contributed by atoms with van der Waals surface area (Å²) in [5, 5.41) is 39.8. The van der Waals surface area contributed by atoms with Gasteiger partial charge in [-0.15, -0.1) is 20.4 Å². The number of carbonyl (C=O) groups is 4. The molecule has 4 heterocycles. The quantitative estimate of drug-likeness (QED) is 0.140. The number of halogens is 2. The molecule has 0 saturated heterocycles. The second kappa shape index (κ2) is 14.7. The van der Waals surface area contributed by atoms with E-state index in [0.717, 1.165) is 36.0 Å². The topological polar surface area (TPSA) is 220 Å². The molecular weight excluding hydrogens is 690 g/mol. The van der Waals surface area contributed by atoms with E-state index in [1.807, 2.05) is 0 Å². The fourth-order valence-electron chi connectivity index (χ4n) is 4.62. The number of carbonyl (C=O) groups excluding carboxylic acids is 2. The highest BCUT2D eigenvalue weighted by atomic mass is 32.2. The number of carboxylic acids is 2. The highest BCUT2D eigenvalue weighted by molar-refractivity contribution is 7.97. The Morgan fingerprint density at radius 3 is 1.41 bits per heavy atom. The first-order chi connectivity index (χ1) is 24.6. The Balaban J connectivity index is 1.16. The molecule has 6 rings (SSSR count). The van der Waals surface area contributed by atoms with Crippen molar-refractivity contribution in [3.8, 4) is 11.6 Å². The standard InChI is InChI=1S/C32H22F2N10O6S/c33-21-11-19(31(47)48)25(37-29(45)23-1-3-27(41-39-23)43-7-5-35-15-43)9-17(21)13-51-14-18-10-26(20(32(49)50)12-22(18)34)38-30(46)24-2-4-28(42-40-24)44-8-6-36-16-44/h1-12,15-16H,13-14H2,(H,37,45)(H,38,46)(H,47,48)(H,49,50). The Kier molecular flexibility index (Phi) is 9.80. The van der Waals surface area contributed by atoms with E-state index in [1.54, 1.807) is 21.5 Å². The van der Waals surface area contributed by atoms with Crippen LogP contribution < -0.4 is 10.6 Å². The first-order valence-electron chi connectivity index (χ1n) is 14.5. The number of aromatic carboxylic acids is 2. The summed E-state index contributed by atoms with van der Waals surface area (Å²) in [6.07, 6.45) is 9.28. The number of amides is 2. The summed E-state index contributed by atoms with van der Waals surface area (Å²) in [5.74, 6) is -5.86. The van der Waals surface area contributed by atoms with Crippen LogP contribution in [0.25, 0.3) is 11.6 Å². The van der Waals surface area contributed by atoms with Gasteiger partial charge in [-0.1, -0.05) is 0 Å². The highest BCUT2D eigenvalue weighted by Crippen LogP contribution is 2.29. The van der Waals surface area contributed by atoms with Crippen LogP contribution in [0.1, 0.15) is 52.8 Å². The van der Waals surface area contributed by atoms with Crippen molar-refractivity contribution in [2.75, 3.05) is 10.6 Å². The van der Waals surface area contributed by atoms with Gasteiger partial charge >= 0.3 is 11.9 Å². The van der Waals surface area contributed by atoms with Crippen LogP contribution in [-0.4, -0.2) is 73.5 Å². The van der Waals surface area contributed by atoms with Gasteiger partial charge in [0.15, 0.2) is 23.0 Å². The molecule has 16 nitrogen and oxygen atoms in total. The molecule has 0 saturated carbocycles. The zero-order valence-corrected chi connectivity index (χ0v) is 26.6. The van der Waals surface area contributed by atoms with E-state index in [1.165, 1.54) is 49.3 Å².